The van der Waals surface area contributed by atoms with Gasteiger partial charge in [0.15, 0.2) is 0 Å². The van der Waals surface area contributed by atoms with Gasteiger partial charge in [0.05, 0.1) is 19.3 Å². The van der Waals surface area contributed by atoms with Gasteiger partial charge >= 0.3 is 0 Å². The Morgan fingerprint density at radius 1 is 1.00 bits per heavy atom. The first kappa shape index (κ1) is 14.7. The number of nitrogens with zero attached hydrogens (tertiary/aromatic N) is 1. The molecule has 18 heavy (non-hydrogen) atoms. The molecule has 0 aromatic carbocycles. The van der Waals surface area contributed by atoms with Gasteiger partial charge < -0.3 is 18.9 Å². The van der Waals surface area contributed by atoms with Gasteiger partial charge in [0.25, 0.3) is 0 Å². The average Bonchev–Trinajstić information content (AvgIpc) is 2.35. The molecule has 5 heteroatoms. The summed E-state index contributed by atoms with van der Waals surface area (Å²) in [6, 6.07) is 5.42. The van der Waals surface area contributed by atoms with Crippen molar-refractivity contribution in [1.82, 2.24) is 4.98 Å². The van der Waals surface area contributed by atoms with Crippen LogP contribution in [0.2, 0.25) is 0 Å². The molecule has 0 amide bonds. The van der Waals surface area contributed by atoms with E-state index in [0.717, 1.165) is 0 Å². The van der Waals surface area contributed by atoms with E-state index >= 15 is 0 Å². The summed E-state index contributed by atoms with van der Waals surface area (Å²) in [4.78, 5) is 4.21. The van der Waals surface area contributed by atoms with Crippen molar-refractivity contribution in [3.8, 4) is 11.8 Å². The lowest BCUT2D eigenvalue weighted by molar-refractivity contribution is 0.0540. The molecule has 0 atom stereocenters. The Balaban J connectivity index is 2.30. The lowest BCUT2D eigenvalue weighted by atomic mass is 10.5. The summed E-state index contributed by atoms with van der Waals surface area (Å²) in [5, 5.41) is 0. The van der Waals surface area contributed by atoms with E-state index < -0.39 is 0 Å². The first-order valence-electron chi connectivity index (χ1n) is 6.05. The highest BCUT2D eigenvalue weighted by atomic mass is 16.5. The average molecular weight is 255 g/mol. The van der Waals surface area contributed by atoms with Crippen LogP contribution in [0.4, 0.5) is 0 Å². The van der Waals surface area contributed by atoms with Crippen LogP contribution >= 0.6 is 0 Å². The van der Waals surface area contributed by atoms with Gasteiger partial charge in [-0.15, -0.1) is 0 Å². The minimum absolute atomic E-state index is 0.213. The van der Waals surface area contributed by atoms with Crippen LogP contribution in [-0.4, -0.2) is 44.6 Å². The molecule has 0 saturated carbocycles. The van der Waals surface area contributed by atoms with E-state index in [1.54, 1.807) is 19.2 Å². The van der Waals surface area contributed by atoms with Crippen molar-refractivity contribution in [2.45, 2.75) is 20.0 Å². The fourth-order valence-electron chi connectivity index (χ4n) is 1.22. The molecule has 0 saturated heterocycles. The maximum absolute atomic E-state index is 5.46. The van der Waals surface area contributed by atoms with E-state index in [9.17, 15) is 0 Å². The molecule has 1 aromatic heterocycles. The smallest absolute Gasteiger partial charge is 0.216 e. The predicted octanol–water partition coefficient (Wildman–Crippen LogP) is 1.91. The second-order valence-corrected chi connectivity index (χ2v) is 3.92. The maximum atomic E-state index is 5.46. The summed E-state index contributed by atoms with van der Waals surface area (Å²) in [7, 11) is 1.63. The molecular formula is C13H21NO4. The summed E-state index contributed by atoms with van der Waals surface area (Å²) >= 11 is 0. The van der Waals surface area contributed by atoms with E-state index in [0.29, 0.717) is 38.2 Å². The number of hydrogen-bond donors (Lipinski definition) is 0. The SMILES string of the molecule is COCCOc1cccc(OCCOC(C)C)n1. The van der Waals surface area contributed by atoms with Crippen LogP contribution in [-0.2, 0) is 9.47 Å². The Hall–Kier alpha value is -1.33. The van der Waals surface area contributed by atoms with E-state index in [1.165, 1.54) is 0 Å². The van der Waals surface area contributed by atoms with Crippen LogP contribution in [0, 0.1) is 0 Å². The highest BCUT2D eigenvalue weighted by molar-refractivity contribution is 5.19. The highest BCUT2D eigenvalue weighted by Crippen LogP contribution is 2.13. The van der Waals surface area contributed by atoms with Crippen LogP contribution in [0.1, 0.15) is 13.8 Å². The van der Waals surface area contributed by atoms with E-state index in [-0.39, 0.29) is 6.10 Å². The van der Waals surface area contributed by atoms with Gasteiger partial charge in [-0.2, -0.15) is 4.98 Å². The maximum Gasteiger partial charge on any atom is 0.216 e. The van der Waals surface area contributed by atoms with Crippen molar-refractivity contribution in [2.75, 3.05) is 33.5 Å². The summed E-state index contributed by atoms with van der Waals surface area (Å²) in [5.74, 6) is 1.08. The lowest BCUT2D eigenvalue weighted by Crippen LogP contribution is -2.12. The molecule has 0 bridgehead atoms. The monoisotopic (exact) mass is 255 g/mol. The number of pyridine rings is 1. The third-order valence-electron chi connectivity index (χ3n) is 2.02. The molecule has 102 valence electrons. The number of ether oxygens (including phenoxy) is 4. The minimum Gasteiger partial charge on any atom is -0.475 e. The molecule has 0 fully saturated rings. The van der Waals surface area contributed by atoms with Crippen molar-refractivity contribution in [1.29, 1.82) is 0 Å². The fourth-order valence-corrected chi connectivity index (χ4v) is 1.22. The Morgan fingerprint density at radius 3 is 2.17 bits per heavy atom. The topological polar surface area (TPSA) is 49.8 Å². The van der Waals surface area contributed by atoms with Crippen LogP contribution < -0.4 is 9.47 Å². The predicted molar refractivity (Wildman–Crippen MR) is 68.2 cm³/mol. The van der Waals surface area contributed by atoms with Gasteiger partial charge in [-0.1, -0.05) is 6.07 Å². The molecule has 5 nitrogen and oxygen atoms in total. The normalized spacial score (nSPS) is 10.7. The summed E-state index contributed by atoms with van der Waals surface area (Å²) in [6.45, 7) is 6.02. The van der Waals surface area contributed by atoms with Crippen LogP contribution in [0.3, 0.4) is 0 Å². The van der Waals surface area contributed by atoms with E-state index in [4.69, 9.17) is 18.9 Å². The number of hydrogen-bond acceptors (Lipinski definition) is 5. The fraction of sp³-hybridized carbons (Fsp3) is 0.615. The molecule has 1 rings (SSSR count). The van der Waals surface area contributed by atoms with Crippen molar-refractivity contribution < 1.29 is 18.9 Å². The molecular weight excluding hydrogens is 234 g/mol. The first-order chi connectivity index (χ1) is 8.72. The summed E-state index contributed by atoms with van der Waals surface area (Å²) in [6.07, 6.45) is 0.213. The van der Waals surface area contributed by atoms with Crippen LogP contribution in [0.25, 0.3) is 0 Å². The van der Waals surface area contributed by atoms with Crippen LogP contribution in [0.15, 0.2) is 18.2 Å². The van der Waals surface area contributed by atoms with Gasteiger partial charge in [0.1, 0.15) is 13.2 Å². The standard InChI is InChI=1S/C13H21NO4/c1-11(2)16-9-10-18-13-6-4-5-12(14-13)17-8-7-15-3/h4-6,11H,7-10H2,1-3H3. The van der Waals surface area contributed by atoms with Crippen molar-refractivity contribution in [3.05, 3.63) is 18.2 Å². The Labute approximate surface area is 108 Å². The summed E-state index contributed by atoms with van der Waals surface area (Å²) < 4.78 is 21.1. The van der Waals surface area contributed by atoms with Crippen molar-refractivity contribution in [2.24, 2.45) is 0 Å². The lowest BCUT2D eigenvalue weighted by Gasteiger charge is -2.09. The molecule has 0 aliphatic rings. The second-order valence-electron chi connectivity index (χ2n) is 3.92. The first-order valence-corrected chi connectivity index (χ1v) is 6.05. The third kappa shape index (κ3) is 6.42. The minimum atomic E-state index is 0.213. The number of aromatic nitrogens is 1. The molecule has 0 N–H and O–H groups in total. The van der Waals surface area contributed by atoms with Crippen molar-refractivity contribution >= 4 is 0 Å². The van der Waals surface area contributed by atoms with Gasteiger partial charge in [0.2, 0.25) is 11.8 Å². The van der Waals surface area contributed by atoms with E-state index in [1.807, 2.05) is 19.9 Å². The quantitative estimate of drug-likeness (QED) is 0.631. The zero-order chi connectivity index (χ0) is 13.2. The Bertz CT molecular complexity index is 331. The molecule has 1 heterocycles. The second kappa shape index (κ2) is 8.72. The molecule has 1 aromatic rings. The number of methoxy groups -OCH3 is 1. The molecule has 0 radical (unpaired) electrons. The molecule has 0 aliphatic heterocycles. The molecule has 0 aliphatic carbocycles. The van der Waals surface area contributed by atoms with E-state index in [2.05, 4.69) is 4.98 Å². The molecule has 0 spiro atoms. The zero-order valence-electron chi connectivity index (χ0n) is 11.2. The highest BCUT2D eigenvalue weighted by Gasteiger charge is 2.00. The number of rotatable bonds is 9. The third-order valence-corrected chi connectivity index (χ3v) is 2.02. The molecule has 0 unspecified atom stereocenters. The largest absolute Gasteiger partial charge is 0.475 e. The van der Waals surface area contributed by atoms with Gasteiger partial charge in [-0.25, -0.2) is 0 Å². The Morgan fingerprint density at radius 2 is 1.61 bits per heavy atom. The van der Waals surface area contributed by atoms with Gasteiger partial charge in [-0.05, 0) is 13.8 Å². The van der Waals surface area contributed by atoms with Crippen molar-refractivity contribution in [3.63, 3.8) is 0 Å². The van der Waals surface area contributed by atoms with Gasteiger partial charge in [-0.3, -0.25) is 0 Å². The van der Waals surface area contributed by atoms with Gasteiger partial charge in [0, 0.05) is 19.2 Å². The Kier molecular flexibility index (Phi) is 7.13. The summed E-state index contributed by atoms with van der Waals surface area (Å²) in [5.41, 5.74) is 0. The zero-order valence-corrected chi connectivity index (χ0v) is 11.2. The van der Waals surface area contributed by atoms with Crippen LogP contribution in [0.5, 0.6) is 11.8 Å².